The summed E-state index contributed by atoms with van der Waals surface area (Å²) in [5.41, 5.74) is 0. The van der Waals surface area contributed by atoms with E-state index in [2.05, 4.69) is 62.1 Å². The van der Waals surface area contributed by atoms with Crippen LogP contribution in [0, 0.1) is 0 Å². The third-order valence-electron chi connectivity index (χ3n) is 4.69. The van der Waals surface area contributed by atoms with Gasteiger partial charge in [0.1, 0.15) is 6.04 Å². The van der Waals surface area contributed by atoms with Crippen molar-refractivity contribution in [2.75, 3.05) is 19.7 Å². The van der Waals surface area contributed by atoms with Crippen molar-refractivity contribution in [3.63, 3.8) is 0 Å². The average molecular weight is 378 g/mol. The molecule has 0 aromatic heterocycles. The SMILES string of the molecule is CC/C=C\C/C=C\C/C=C\CCCCCCC(C(=O)OCC)N(CC)CC. The minimum Gasteiger partial charge on any atom is -0.465 e. The fourth-order valence-corrected chi connectivity index (χ4v) is 3.13. The highest BCUT2D eigenvalue weighted by atomic mass is 16.5. The Morgan fingerprint density at radius 3 is 2.00 bits per heavy atom. The van der Waals surface area contributed by atoms with E-state index < -0.39 is 0 Å². The van der Waals surface area contributed by atoms with E-state index in [0.29, 0.717) is 6.61 Å². The molecule has 3 heteroatoms. The van der Waals surface area contributed by atoms with Crippen molar-refractivity contribution < 1.29 is 9.53 Å². The van der Waals surface area contributed by atoms with E-state index in [1.165, 1.54) is 19.3 Å². The van der Waals surface area contributed by atoms with E-state index in [1.807, 2.05) is 6.92 Å². The molecule has 0 aliphatic carbocycles. The van der Waals surface area contributed by atoms with Crippen LogP contribution >= 0.6 is 0 Å². The number of ether oxygens (including phenoxy) is 1. The Kier molecular flexibility index (Phi) is 18.4. The summed E-state index contributed by atoms with van der Waals surface area (Å²) in [5.74, 6) is -0.0534. The van der Waals surface area contributed by atoms with Crippen LogP contribution in [0.3, 0.4) is 0 Å². The third-order valence-corrected chi connectivity index (χ3v) is 4.69. The molecule has 1 atom stereocenters. The molecule has 0 saturated carbocycles. The van der Waals surface area contributed by atoms with Crippen LogP contribution in [0.15, 0.2) is 36.5 Å². The Labute approximate surface area is 168 Å². The zero-order chi connectivity index (χ0) is 20.2. The Morgan fingerprint density at radius 2 is 1.41 bits per heavy atom. The largest absolute Gasteiger partial charge is 0.465 e. The Morgan fingerprint density at radius 1 is 0.815 bits per heavy atom. The lowest BCUT2D eigenvalue weighted by atomic mass is 10.0. The van der Waals surface area contributed by atoms with Gasteiger partial charge in [0.2, 0.25) is 0 Å². The summed E-state index contributed by atoms with van der Waals surface area (Å²) in [4.78, 5) is 14.4. The number of nitrogens with zero attached hydrogens (tertiary/aromatic N) is 1. The molecule has 0 aliphatic rings. The number of rotatable bonds is 17. The van der Waals surface area contributed by atoms with E-state index in [9.17, 15) is 4.79 Å². The van der Waals surface area contributed by atoms with Crippen molar-refractivity contribution in [3.05, 3.63) is 36.5 Å². The molecule has 27 heavy (non-hydrogen) atoms. The van der Waals surface area contributed by atoms with Gasteiger partial charge >= 0.3 is 5.97 Å². The molecule has 0 saturated heterocycles. The third kappa shape index (κ3) is 14.4. The lowest BCUT2D eigenvalue weighted by molar-refractivity contribution is -0.149. The van der Waals surface area contributed by atoms with Gasteiger partial charge in [-0.05, 0) is 58.5 Å². The van der Waals surface area contributed by atoms with Crippen molar-refractivity contribution in [2.45, 2.75) is 91.5 Å². The van der Waals surface area contributed by atoms with Crippen molar-refractivity contribution >= 4 is 5.97 Å². The van der Waals surface area contributed by atoms with Gasteiger partial charge < -0.3 is 4.74 Å². The fraction of sp³-hybridized carbons (Fsp3) is 0.708. The molecule has 0 rings (SSSR count). The molecule has 0 N–H and O–H groups in total. The van der Waals surface area contributed by atoms with E-state index in [1.54, 1.807) is 0 Å². The number of carbonyl (C=O) groups excluding carboxylic acids is 1. The van der Waals surface area contributed by atoms with Crippen LogP contribution in [0.4, 0.5) is 0 Å². The first-order valence-corrected chi connectivity index (χ1v) is 11.1. The van der Waals surface area contributed by atoms with Crippen molar-refractivity contribution in [2.24, 2.45) is 0 Å². The molecule has 0 spiro atoms. The van der Waals surface area contributed by atoms with Crippen LogP contribution < -0.4 is 0 Å². The van der Waals surface area contributed by atoms with Crippen molar-refractivity contribution in [1.82, 2.24) is 4.90 Å². The second-order valence-electron chi connectivity index (χ2n) is 6.77. The van der Waals surface area contributed by atoms with E-state index in [0.717, 1.165) is 51.6 Å². The van der Waals surface area contributed by atoms with Gasteiger partial charge in [0.25, 0.3) is 0 Å². The van der Waals surface area contributed by atoms with Gasteiger partial charge in [0, 0.05) is 0 Å². The van der Waals surface area contributed by atoms with E-state index >= 15 is 0 Å². The first kappa shape index (κ1) is 25.6. The van der Waals surface area contributed by atoms with Gasteiger partial charge in [0.15, 0.2) is 0 Å². The summed E-state index contributed by atoms with van der Waals surface area (Å²) in [6.45, 7) is 10.5. The summed E-state index contributed by atoms with van der Waals surface area (Å²) in [5, 5.41) is 0. The van der Waals surface area contributed by atoms with Gasteiger partial charge in [-0.2, -0.15) is 0 Å². The molecule has 0 aromatic rings. The van der Waals surface area contributed by atoms with Crippen molar-refractivity contribution in [1.29, 1.82) is 0 Å². The molecule has 1 unspecified atom stereocenters. The maximum Gasteiger partial charge on any atom is 0.323 e. The normalized spacial score (nSPS) is 13.4. The van der Waals surface area contributed by atoms with Gasteiger partial charge in [-0.3, -0.25) is 9.69 Å². The molecule has 0 amide bonds. The summed E-state index contributed by atoms with van der Waals surface area (Å²) >= 11 is 0. The molecule has 3 nitrogen and oxygen atoms in total. The molecule has 0 heterocycles. The molecule has 156 valence electrons. The number of hydrogen-bond donors (Lipinski definition) is 0. The smallest absolute Gasteiger partial charge is 0.323 e. The summed E-state index contributed by atoms with van der Waals surface area (Å²) < 4.78 is 5.26. The molecule has 0 aliphatic heterocycles. The highest BCUT2D eigenvalue weighted by molar-refractivity contribution is 5.75. The standard InChI is InChI=1S/C24H43NO2/c1-5-9-10-11-12-13-14-15-16-17-18-19-20-21-22-23(24(26)27-8-4)25(6-2)7-3/h9-10,12-13,15-16,23H,5-8,11,14,17-22H2,1-4H3/b10-9-,13-12-,16-15-. The molecule has 0 radical (unpaired) electrons. The molecule has 0 bridgehead atoms. The lowest BCUT2D eigenvalue weighted by Crippen LogP contribution is -2.42. The number of esters is 1. The number of likely N-dealkylation sites (N-methyl/N-ethyl adjacent to an activating group) is 1. The maximum atomic E-state index is 12.2. The first-order chi connectivity index (χ1) is 13.2. The van der Waals surface area contributed by atoms with Crippen LogP contribution in [0.25, 0.3) is 0 Å². The second kappa shape index (κ2) is 19.4. The number of carbonyl (C=O) groups is 1. The fourth-order valence-electron chi connectivity index (χ4n) is 3.13. The highest BCUT2D eigenvalue weighted by Crippen LogP contribution is 2.13. The summed E-state index contributed by atoms with van der Waals surface area (Å²) in [6, 6.07) is -0.0706. The van der Waals surface area contributed by atoms with Crippen LogP contribution in [-0.2, 0) is 9.53 Å². The topological polar surface area (TPSA) is 29.5 Å². The zero-order valence-corrected chi connectivity index (χ0v) is 18.3. The van der Waals surface area contributed by atoms with Gasteiger partial charge in [-0.15, -0.1) is 0 Å². The highest BCUT2D eigenvalue weighted by Gasteiger charge is 2.24. The van der Waals surface area contributed by atoms with E-state index in [-0.39, 0.29) is 12.0 Å². The minimum atomic E-state index is -0.0706. The monoisotopic (exact) mass is 377 g/mol. The Balaban J connectivity index is 3.84. The molecule has 0 fully saturated rings. The maximum absolute atomic E-state index is 12.2. The van der Waals surface area contributed by atoms with E-state index in [4.69, 9.17) is 4.74 Å². The van der Waals surface area contributed by atoms with Crippen molar-refractivity contribution in [3.8, 4) is 0 Å². The van der Waals surface area contributed by atoms with Crippen LogP contribution in [0.5, 0.6) is 0 Å². The van der Waals surface area contributed by atoms with Gasteiger partial charge in [-0.1, -0.05) is 76.5 Å². The quantitative estimate of drug-likeness (QED) is 0.165. The number of allylic oxidation sites excluding steroid dienone is 6. The first-order valence-electron chi connectivity index (χ1n) is 11.1. The van der Waals surface area contributed by atoms with Crippen LogP contribution in [0.2, 0.25) is 0 Å². The Bertz CT molecular complexity index is 422. The van der Waals surface area contributed by atoms with Gasteiger partial charge in [-0.25, -0.2) is 0 Å². The predicted molar refractivity (Wildman–Crippen MR) is 118 cm³/mol. The summed E-state index contributed by atoms with van der Waals surface area (Å²) in [6.07, 6.45) is 23.4. The summed E-state index contributed by atoms with van der Waals surface area (Å²) in [7, 11) is 0. The van der Waals surface area contributed by atoms with Crippen LogP contribution in [-0.4, -0.2) is 36.6 Å². The number of unbranched alkanes of at least 4 members (excludes halogenated alkanes) is 4. The molecule has 0 aromatic carbocycles. The number of hydrogen-bond acceptors (Lipinski definition) is 3. The Hall–Kier alpha value is -1.35. The molecular formula is C24H43NO2. The van der Waals surface area contributed by atoms with Gasteiger partial charge in [0.05, 0.1) is 6.61 Å². The van der Waals surface area contributed by atoms with Crippen LogP contribution in [0.1, 0.15) is 85.5 Å². The predicted octanol–water partition coefficient (Wildman–Crippen LogP) is 6.46. The zero-order valence-electron chi connectivity index (χ0n) is 18.3. The minimum absolute atomic E-state index is 0.0534. The second-order valence-corrected chi connectivity index (χ2v) is 6.77. The lowest BCUT2D eigenvalue weighted by Gasteiger charge is -2.27. The average Bonchev–Trinajstić information content (AvgIpc) is 2.67. The molecular weight excluding hydrogens is 334 g/mol.